The summed E-state index contributed by atoms with van der Waals surface area (Å²) < 4.78 is 0. The topological polar surface area (TPSA) is 57.8 Å². The monoisotopic (exact) mass is 277 g/mol. The van der Waals surface area contributed by atoms with Crippen LogP contribution in [0.15, 0.2) is 18.5 Å². The van der Waals surface area contributed by atoms with E-state index in [1.54, 1.807) is 23.7 Å². The number of hydrogen-bond acceptors (Lipinski definition) is 3. The molecule has 1 unspecified atom stereocenters. The lowest BCUT2D eigenvalue weighted by atomic mass is 10.2. The molecule has 0 spiro atoms. The minimum atomic E-state index is -0.0602. The number of hydrogen-bond donors (Lipinski definition) is 2. The molecule has 5 heteroatoms. The molecule has 0 radical (unpaired) electrons. The number of carbonyl (C=O) groups is 1. The Bertz CT molecular complexity index is 545. The van der Waals surface area contributed by atoms with Crippen LogP contribution in [0.3, 0.4) is 0 Å². The standard InChI is InChI=1S/C14H19N3OS/c1-4-10-8-12(19-9(10)3)14(18)17-11(5-2)13-15-6-7-16-13/h6-8,11H,4-5H2,1-3H3,(H,15,16)(H,17,18). The Morgan fingerprint density at radius 3 is 2.84 bits per heavy atom. The van der Waals surface area contributed by atoms with Gasteiger partial charge in [-0.3, -0.25) is 4.79 Å². The average molecular weight is 277 g/mol. The van der Waals surface area contributed by atoms with E-state index in [0.29, 0.717) is 0 Å². The van der Waals surface area contributed by atoms with E-state index in [-0.39, 0.29) is 11.9 Å². The fourth-order valence-electron chi connectivity index (χ4n) is 2.04. The first kappa shape index (κ1) is 13.8. The van der Waals surface area contributed by atoms with Crippen molar-refractivity contribution < 1.29 is 4.79 Å². The fourth-order valence-corrected chi connectivity index (χ4v) is 3.06. The van der Waals surface area contributed by atoms with Crippen LogP contribution in [-0.2, 0) is 6.42 Å². The highest BCUT2D eigenvalue weighted by Crippen LogP contribution is 2.23. The van der Waals surface area contributed by atoms with Crippen molar-refractivity contribution in [2.45, 2.75) is 39.7 Å². The molecule has 102 valence electrons. The molecule has 0 aliphatic carbocycles. The molecule has 0 aliphatic heterocycles. The first-order valence-electron chi connectivity index (χ1n) is 6.55. The van der Waals surface area contributed by atoms with Gasteiger partial charge in [-0.25, -0.2) is 4.98 Å². The van der Waals surface area contributed by atoms with Gasteiger partial charge in [0.1, 0.15) is 5.82 Å². The van der Waals surface area contributed by atoms with E-state index in [1.165, 1.54) is 10.4 Å². The summed E-state index contributed by atoms with van der Waals surface area (Å²) >= 11 is 1.55. The lowest BCUT2D eigenvalue weighted by Gasteiger charge is -2.13. The van der Waals surface area contributed by atoms with Gasteiger partial charge < -0.3 is 10.3 Å². The Morgan fingerprint density at radius 1 is 1.53 bits per heavy atom. The maximum Gasteiger partial charge on any atom is 0.261 e. The minimum absolute atomic E-state index is 0.0175. The van der Waals surface area contributed by atoms with Gasteiger partial charge >= 0.3 is 0 Å². The Labute approximate surface area is 117 Å². The summed E-state index contributed by atoms with van der Waals surface area (Å²) in [6.45, 7) is 6.20. The van der Waals surface area contributed by atoms with Gasteiger partial charge in [0.2, 0.25) is 0 Å². The molecule has 2 aromatic heterocycles. The summed E-state index contributed by atoms with van der Waals surface area (Å²) in [6.07, 6.45) is 5.25. The molecule has 1 amide bonds. The second-order valence-corrected chi connectivity index (χ2v) is 5.71. The highest BCUT2D eigenvalue weighted by atomic mass is 32.1. The lowest BCUT2D eigenvalue weighted by Crippen LogP contribution is -2.28. The number of carbonyl (C=O) groups excluding carboxylic acids is 1. The number of rotatable bonds is 5. The largest absolute Gasteiger partial charge is 0.347 e. The number of H-pyrrole nitrogens is 1. The zero-order chi connectivity index (χ0) is 13.8. The smallest absolute Gasteiger partial charge is 0.261 e. The van der Waals surface area contributed by atoms with Crippen LogP contribution in [0.25, 0.3) is 0 Å². The number of nitrogens with one attached hydrogen (secondary N) is 2. The molecule has 0 bridgehead atoms. The van der Waals surface area contributed by atoms with Gasteiger partial charge in [0.25, 0.3) is 5.91 Å². The Kier molecular flexibility index (Phi) is 4.37. The molecular weight excluding hydrogens is 258 g/mol. The summed E-state index contributed by atoms with van der Waals surface area (Å²) in [5.41, 5.74) is 1.25. The van der Waals surface area contributed by atoms with Crippen molar-refractivity contribution >= 4 is 17.2 Å². The molecule has 2 aromatic rings. The van der Waals surface area contributed by atoms with Crippen LogP contribution in [0.5, 0.6) is 0 Å². The van der Waals surface area contributed by atoms with Crippen molar-refractivity contribution in [1.29, 1.82) is 0 Å². The van der Waals surface area contributed by atoms with Gasteiger partial charge in [-0.2, -0.15) is 0 Å². The number of imidazole rings is 1. The summed E-state index contributed by atoms with van der Waals surface area (Å²) in [7, 11) is 0. The quantitative estimate of drug-likeness (QED) is 0.881. The number of aromatic amines is 1. The van der Waals surface area contributed by atoms with Gasteiger partial charge in [-0.15, -0.1) is 11.3 Å². The molecule has 2 rings (SSSR count). The van der Waals surface area contributed by atoms with Gasteiger partial charge in [0.05, 0.1) is 10.9 Å². The maximum absolute atomic E-state index is 12.2. The van der Waals surface area contributed by atoms with Crippen molar-refractivity contribution in [3.8, 4) is 0 Å². The number of amides is 1. The first-order valence-corrected chi connectivity index (χ1v) is 7.36. The maximum atomic E-state index is 12.2. The summed E-state index contributed by atoms with van der Waals surface area (Å²) in [4.78, 5) is 21.5. The van der Waals surface area contributed by atoms with Crippen LogP contribution >= 0.6 is 11.3 Å². The predicted octanol–water partition coefficient (Wildman–Crippen LogP) is 3.22. The Hall–Kier alpha value is -1.62. The molecular formula is C14H19N3OS. The third kappa shape index (κ3) is 3.04. The molecule has 1 atom stereocenters. The van der Waals surface area contributed by atoms with Crippen LogP contribution in [-0.4, -0.2) is 15.9 Å². The average Bonchev–Trinajstić information content (AvgIpc) is 3.04. The molecule has 0 saturated heterocycles. The molecule has 0 saturated carbocycles. The van der Waals surface area contributed by atoms with E-state index in [9.17, 15) is 4.79 Å². The fraction of sp³-hybridized carbons (Fsp3) is 0.429. The second kappa shape index (κ2) is 6.02. The van der Waals surface area contributed by atoms with Gasteiger partial charge in [0, 0.05) is 17.3 Å². The third-order valence-corrected chi connectivity index (χ3v) is 4.28. The lowest BCUT2D eigenvalue weighted by molar-refractivity contribution is 0.0938. The Morgan fingerprint density at radius 2 is 2.32 bits per heavy atom. The third-order valence-electron chi connectivity index (χ3n) is 3.19. The molecule has 4 nitrogen and oxygen atoms in total. The van der Waals surface area contributed by atoms with Crippen molar-refractivity contribution in [1.82, 2.24) is 15.3 Å². The van der Waals surface area contributed by atoms with Crippen molar-refractivity contribution in [3.63, 3.8) is 0 Å². The van der Waals surface area contributed by atoms with Crippen LogP contribution in [0.2, 0.25) is 0 Å². The molecule has 2 heterocycles. The van der Waals surface area contributed by atoms with Crippen LogP contribution in [0.1, 0.15) is 52.2 Å². The van der Waals surface area contributed by atoms with E-state index >= 15 is 0 Å². The number of thiophene rings is 1. The number of nitrogens with zero attached hydrogens (tertiary/aromatic N) is 1. The van der Waals surface area contributed by atoms with E-state index in [2.05, 4.69) is 29.1 Å². The van der Waals surface area contributed by atoms with Crippen LogP contribution in [0.4, 0.5) is 0 Å². The van der Waals surface area contributed by atoms with E-state index in [0.717, 1.165) is 23.5 Å². The van der Waals surface area contributed by atoms with E-state index in [1.807, 2.05) is 13.0 Å². The molecule has 2 N–H and O–H groups in total. The highest BCUT2D eigenvalue weighted by Gasteiger charge is 2.18. The van der Waals surface area contributed by atoms with Crippen molar-refractivity contribution in [2.24, 2.45) is 0 Å². The van der Waals surface area contributed by atoms with Gasteiger partial charge in [-0.1, -0.05) is 13.8 Å². The summed E-state index contributed by atoms with van der Waals surface area (Å²) in [5.74, 6) is 0.788. The molecule has 0 aliphatic rings. The molecule has 19 heavy (non-hydrogen) atoms. The minimum Gasteiger partial charge on any atom is -0.347 e. The second-order valence-electron chi connectivity index (χ2n) is 4.45. The zero-order valence-corrected chi connectivity index (χ0v) is 12.3. The first-order chi connectivity index (χ1) is 9.15. The zero-order valence-electron chi connectivity index (χ0n) is 11.5. The van der Waals surface area contributed by atoms with Crippen molar-refractivity contribution in [2.75, 3.05) is 0 Å². The normalized spacial score (nSPS) is 12.4. The summed E-state index contributed by atoms with van der Waals surface area (Å²) in [5, 5.41) is 3.03. The molecule has 0 fully saturated rings. The van der Waals surface area contributed by atoms with Gasteiger partial charge in [-0.05, 0) is 31.4 Å². The summed E-state index contributed by atoms with van der Waals surface area (Å²) in [6, 6.07) is 1.93. The van der Waals surface area contributed by atoms with E-state index in [4.69, 9.17) is 0 Å². The van der Waals surface area contributed by atoms with Crippen molar-refractivity contribution in [3.05, 3.63) is 39.6 Å². The van der Waals surface area contributed by atoms with Gasteiger partial charge in [0.15, 0.2) is 0 Å². The van der Waals surface area contributed by atoms with Crippen LogP contribution in [0, 0.1) is 6.92 Å². The number of aromatic nitrogens is 2. The number of aryl methyl sites for hydroxylation is 2. The Balaban J connectivity index is 2.11. The van der Waals surface area contributed by atoms with E-state index < -0.39 is 0 Å². The highest BCUT2D eigenvalue weighted by molar-refractivity contribution is 7.14. The predicted molar refractivity (Wildman–Crippen MR) is 77.5 cm³/mol. The molecule has 0 aromatic carbocycles. The SMILES string of the molecule is CCc1cc(C(=O)NC(CC)c2ncc[nH]2)sc1C. The van der Waals surface area contributed by atoms with Crippen LogP contribution < -0.4 is 5.32 Å².